The normalized spacial score (nSPS) is 15.1. The Balaban J connectivity index is 4.44. The van der Waals surface area contributed by atoms with E-state index < -0.39 is 30.1 Å². The topological polar surface area (TPSA) is 105 Å². The maximum Gasteiger partial charge on any atom is 0.328 e. The van der Waals surface area contributed by atoms with E-state index in [2.05, 4.69) is 15.4 Å². The number of esters is 1. The average Bonchev–Trinajstić information content (AvgIpc) is 2.33. The molecule has 7 heteroatoms. The quantitative estimate of drug-likeness (QED) is 0.597. The van der Waals surface area contributed by atoms with Gasteiger partial charge in [0.15, 0.2) is 0 Å². The standard InChI is InChI=1S/C11H20N2O5/c1-5-6(2)8(9(14)15)13-11(17)12-7(3)10(16)18-4/h6-8H,5H2,1-4H3,(H,14,15)(H2,12,13,17)/t6-,7?,8-/m0/s1. The number of hydrogen-bond acceptors (Lipinski definition) is 4. The summed E-state index contributed by atoms with van der Waals surface area (Å²) in [6.45, 7) is 5.00. The molecule has 7 nitrogen and oxygen atoms in total. The first-order valence-electron chi connectivity index (χ1n) is 5.71. The van der Waals surface area contributed by atoms with Gasteiger partial charge in [0.25, 0.3) is 0 Å². The van der Waals surface area contributed by atoms with Crippen LogP contribution in [0.2, 0.25) is 0 Å². The highest BCUT2D eigenvalue weighted by molar-refractivity contribution is 5.86. The number of carboxylic acid groups (broad SMARTS) is 1. The monoisotopic (exact) mass is 260 g/mol. The van der Waals surface area contributed by atoms with Gasteiger partial charge in [0, 0.05) is 0 Å². The summed E-state index contributed by atoms with van der Waals surface area (Å²) in [6.07, 6.45) is 0.615. The van der Waals surface area contributed by atoms with Gasteiger partial charge in [0.05, 0.1) is 7.11 Å². The van der Waals surface area contributed by atoms with Crippen molar-refractivity contribution in [2.45, 2.75) is 39.3 Å². The predicted octanol–water partition coefficient (Wildman–Crippen LogP) is 0.346. The van der Waals surface area contributed by atoms with Crippen LogP contribution in [0.1, 0.15) is 27.2 Å². The van der Waals surface area contributed by atoms with Crippen LogP contribution in [0.3, 0.4) is 0 Å². The maximum absolute atomic E-state index is 11.5. The fraction of sp³-hybridized carbons (Fsp3) is 0.727. The van der Waals surface area contributed by atoms with Crippen molar-refractivity contribution in [3.8, 4) is 0 Å². The van der Waals surface area contributed by atoms with Crippen molar-refractivity contribution < 1.29 is 24.2 Å². The maximum atomic E-state index is 11.5. The summed E-state index contributed by atoms with van der Waals surface area (Å²) in [5.41, 5.74) is 0. The molecule has 0 rings (SSSR count). The lowest BCUT2D eigenvalue weighted by atomic mass is 9.99. The number of amides is 2. The summed E-state index contributed by atoms with van der Waals surface area (Å²) in [5.74, 6) is -1.91. The van der Waals surface area contributed by atoms with Gasteiger partial charge in [-0.2, -0.15) is 0 Å². The van der Waals surface area contributed by atoms with Gasteiger partial charge < -0.3 is 20.5 Å². The highest BCUT2D eigenvalue weighted by Gasteiger charge is 2.26. The van der Waals surface area contributed by atoms with Gasteiger partial charge in [-0.15, -0.1) is 0 Å². The fourth-order valence-corrected chi connectivity index (χ4v) is 1.30. The number of nitrogens with one attached hydrogen (secondary N) is 2. The third-order valence-corrected chi connectivity index (χ3v) is 2.67. The SMILES string of the molecule is CC[C@H](C)[C@H](NC(=O)NC(C)C(=O)OC)C(=O)O. The molecule has 0 aliphatic rings. The van der Waals surface area contributed by atoms with Gasteiger partial charge in [-0.25, -0.2) is 14.4 Å². The lowest BCUT2D eigenvalue weighted by Crippen LogP contribution is -2.52. The smallest absolute Gasteiger partial charge is 0.328 e. The van der Waals surface area contributed by atoms with E-state index in [0.717, 1.165) is 0 Å². The number of rotatable bonds is 6. The molecule has 0 aromatic rings. The van der Waals surface area contributed by atoms with Crippen LogP contribution in [-0.4, -0.2) is 42.3 Å². The third-order valence-electron chi connectivity index (χ3n) is 2.67. The van der Waals surface area contributed by atoms with E-state index in [1.165, 1.54) is 14.0 Å². The molecule has 2 amide bonds. The van der Waals surface area contributed by atoms with Crippen molar-refractivity contribution in [1.82, 2.24) is 10.6 Å². The lowest BCUT2D eigenvalue weighted by molar-refractivity contribution is -0.142. The van der Waals surface area contributed by atoms with Crippen LogP contribution in [0, 0.1) is 5.92 Å². The molecule has 0 aliphatic heterocycles. The summed E-state index contributed by atoms with van der Waals surface area (Å²) in [4.78, 5) is 33.6. The van der Waals surface area contributed by atoms with Crippen molar-refractivity contribution >= 4 is 18.0 Å². The van der Waals surface area contributed by atoms with E-state index in [1.54, 1.807) is 6.92 Å². The summed E-state index contributed by atoms with van der Waals surface area (Å²) in [6, 6.07) is -2.53. The summed E-state index contributed by atoms with van der Waals surface area (Å²) < 4.78 is 4.44. The first-order chi connectivity index (χ1) is 8.33. The minimum atomic E-state index is -1.11. The summed E-state index contributed by atoms with van der Waals surface area (Å²) in [5, 5.41) is 13.6. The molecule has 0 fully saturated rings. The Morgan fingerprint density at radius 2 is 1.78 bits per heavy atom. The van der Waals surface area contributed by atoms with Gasteiger partial charge in [-0.05, 0) is 12.8 Å². The minimum absolute atomic E-state index is 0.207. The Morgan fingerprint density at radius 3 is 2.17 bits per heavy atom. The Morgan fingerprint density at radius 1 is 1.22 bits per heavy atom. The van der Waals surface area contributed by atoms with E-state index >= 15 is 0 Å². The van der Waals surface area contributed by atoms with E-state index in [-0.39, 0.29) is 5.92 Å². The zero-order valence-electron chi connectivity index (χ0n) is 11.0. The molecule has 0 radical (unpaired) electrons. The number of urea groups is 1. The van der Waals surface area contributed by atoms with Crippen molar-refractivity contribution in [2.75, 3.05) is 7.11 Å². The lowest BCUT2D eigenvalue weighted by Gasteiger charge is -2.21. The second-order valence-electron chi connectivity index (χ2n) is 4.06. The van der Waals surface area contributed by atoms with Crippen molar-refractivity contribution in [2.24, 2.45) is 5.92 Å². The van der Waals surface area contributed by atoms with E-state index in [0.29, 0.717) is 6.42 Å². The summed E-state index contributed by atoms with van der Waals surface area (Å²) in [7, 11) is 1.21. The summed E-state index contributed by atoms with van der Waals surface area (Å²) >= 11 is 0. The number of methoxy groups -OCH3 is 1. The molecular formula is C11H20N2O5. The average molecular weight is 260 g/mol. The van der Waals surface area contributed by atoms with Gasteiger partial charge in [-0.3, -0.25) is 0 Å². The van der Waals surface area contributed by atoms with Crippen LogP contribution in [0.4, 0.5) is 4.79 Å². The van der Waals surface area contributed by atoms with Crippen LogP contribution < -0.4 is 10.6 Å². The van der Waals surface area contributed by atoms with Gasteiger partial charge in [0.1, 0.15) is 12.1 Å². The molecule has 0 bridgehead atoms. The number of hydrogen-bond donors (Lipinski definition) is 3. The Hall–Kier alpha value is -1.79. The van der Waals surface area contributed by atoms with Gasteiger partial charge in [0.2, 0.25) is 0 Å². The zero-order chi connectivity index (χ0) is 14.3. The second kappa shape index (κ2) is 7.52. The molecule has 0 heterocycles. The Kier molecular flexibility index (Phi) is 6.77. The largest absolute Gasteiger partial charge is 0.480 e. The Labute approximate surface area is 106 Å². The molecule has 18 heavy (non-hydrogen) atoms. The van der Waals surface area contributed by atoms with Crippen molar-refractivity contribution in [1.29, 1.82) is 0 Å². The number of carbonyl (C=O) groups excluding carboxylic acids is 2. The fourth-order valence-electron chi connectivity index (χ4n) is 1.30. The molecule has 0 saturated heterocycles. The molecule has 0 aromatic carbocycles. The van der Waals surface area contributed by atoms with Crippen LogP contribution >= 0.6 is 0 Å². The van der Waals surface area contributed by atoms with E-state index in [1.807, 2.05) is 6.92 Å². The first-order valence-corrected chi connectivity index (χ1v) is 5.71. The number of ether oxygens (including phenoxy) is 1. The number of aliphatic carboxylic acids is 1. The first kappa shape index (κ1) is 16.2. The van der Waals surface area contributed by atoms with Gasteiger partial charge >= 0.3 is 18.0 Å². The van der Waals surface area contributed by atoms with E-state index in [9.17, 15) is 14.4 Å². The van der Waals surface area contributed by atoms with Gasteiger partial charge in [-0.1, -0.05) is 20.3 Å². The van der Waals surface area contributed by atoms with Crippen molar-refractivity contribution in [3.05, 3.63) is 0 Å². The molecule has 0 spiro atoms. The van der Waals surface area contributed by atoms with E-state index in [4.69, 9.17) is 5.11 Å². The molecule has 0 saturated carbocycles. The van der Waals surface area contributed by atoms with Crippen LogP contribution in [0.5, 0.6) is 0 Å². The third kappa shape index (κ3) is 5.03. The highest BCUT2D eigenvalue weighted by atomic mass is 16.5. The zero-order valence-corrected chi connectivity index (χ0v) is 11.0. The molecule has 3 atom stereocenters. The molecule has 0 aliphatic carbocycles. The molecule has 104 valence electrons. The molecule has 3 N–H and O–H groups in total. The molecule has 0 aromatic heterocycles. The molecular weight excluding hydrogens is 240 g/mol. The number of carboxylic acids is 1. The van der Waals surface area contributed by atoms with Crippen LogP contribution in [0.15, 0.2) is 0 Å². The second-order valence-corrected chi connectivity index (χ2v) is 4.06. The van der Waals surface area contributed by atoms with Crippen LogP contribution in [-0.2, 0) is 14.3 Å². The van der Waals surface area contributed by atoms with Crippen LogP contribution in [0.25, 0.3) is 0 Å². The highest BCUT2D eigenvalue weighted by Crippen LogP contribution is 2.07. The Bertz CT molecular complexity index is 319. The molecule has 1 unspecified atom stereocenters. The number of carbonyl (C=O) groups is 3. The predicted molar refractivity (Wildman–Crippen MR) is 64.0 cm³/mol. The minimum Gasteiger partial charge on any atom is -0.480 e. The van der Waals surface area contributed by atoms with Crippen molar-refractivity contribution in [3.63, 3.8) is 0 Å².